The Morgan fingerprint density at radius 2 is 1.73 bits per heavy atom. The fourth-order valence-corrected chi connectivity index (χ4v) is 1.74. The van der Waals surface area contributed by atoms with Gasteiger partial charge in [0.1, 0.15) is 29.1 Å². The molecule has 8 nitrogen and oxygen atoms in total. The van der Waals surface area contributed by atoms with Crippen molar-refractivity contribution < 1.29 is 0 Å². The van der Waals surface area contributed by atoms with Crippen LogP contribution in [0.15, 0.2) is 12.4 Å². The number of nitriles is 2. The van der Waals surface area contributed by atoms with E-state index in [1.54, 1.807) is 15.6 Å². The van der Waals surface area contributed by atoms with Crippen LogP contribution in [0.2, 0.25) is 0 Å². The first-order valence-corrected chi connectivity index (χ1v) is 7.01. The van der Waals surface area contributed by atoms with E-state index in [1.807, 2.05) is 26.0 Å². The molecule has 22 heavy (non-hydrogen) atoms. The molecule has 0 saturated heterocycles. The van der Waals surface area contributed by atoms with Crippen molar-refractivity contribution in [3.63, 3.8) is 0 Å². The van der Waals surface area contributed by atoms with Crippen molar-refractivity contribution in [1.29, 1.82) is 10.5 Å². The monoisotopic (exact) mass is 300 g/mol. The number of anilines is 2. The van der Waals surface area contributed by atoms with Crippen LogP contribution in [0.1, 0.15) is 37.8 Å². The molecule has 8 heteroatoms. The zero-order valence-corrected chi connectivity index (χ0v) is 12.8. The topological polar surface area (TPSA) is 135 Å². The molecule has 2 rings (SSSR count). The fourth-order valence-electron chi connectivity index (χ4n) is 1.74. The van der Waals surface area contributed by atoms with Crippen LogP contribution in [0.5, 0.6) is 0 Å². The van der Waals surface area contributed by atoms with E-state index < -0.39 is 0 Å². The van der Waals surface area contributed by atoms with Crippen LogP contribution >= 0.6 is 0 Å². The predicted octanol–water partition coefficient (Wildman–Crippen LogP) is 1.49. The molecular formula is C14H20N8. The molecule has 0 radical (unpaired) electrons. The number of aromatic nitrogens is 4. The molecule has 0 aliphatic rings. The number of nitrogens with two attached hydrogens (primary N) is 2. The number of hydrogen-bond acceptors (Lipinski definition) is 6. The molecule has 0 spiro atoms. The van der Waals surface area contributed by atoms with Crippen molar-refractivity contribution in [2.75, 3.05) is 11.5 Å². The van der Waals surface area contributed by atoms with Gasteiger partial charge in [0.25, 0.3) is 0 Å². The largest absolute Gasteiger partial charge is 0.383 e. The van der Waals surface area contributed by atoms with E-state index in [2.05, 4.69) is 10.2 Å². The normalized spacial score (nSPS) is 9.45. The summed E-state index contributed by atoms with van der Waals surface area (Å²) < 4.78 is 3.33. The summed E-state index contributed by atoms with van der Waals surface area (Å²) in [5.41, 5.74) is 11.9. The van der Waals surface area contributed by atoms with Gasteiger partial charge in [0.15, 0.2) is 5.82 Å². The maximum Gasteiger partial charge on any atom is 0.163 e. The second-order valence-electron chi connectivity index (χ2n) is 4.58. The highest BCUT2D eigenvalue weighted by atomic mass is 15.3. The Hall–Kier alpha value is -3.00. The van der Waals surface area contributed by atoms with Crippen molar-refractivity contribution in [2.24, 2.45) is 0 Å². The molecule has 0 bridgehead atoms. The third kappa shape index (κ3) is 4.25. The standard InChI is InChI=1S/2C7H10N4/c1-2-3-11-5-6(4-8)7(9)10-11;1-2-3-11-7(9)6(4-8)5-10-11/h5H,2-3H2,1H3,(H2,9,10);5H,2-3,9H2,1H3. The average Bonchev–Trinajstić information content (AvgIpc) is 3.04. The minimum Gasteiger partial charge on any atom is -0.383 e. The summed E-state index contributed by atoms with van der Waals surface area (Å²) in [5, 5.41) is 24.9. The highest BCUT2D eigenvalue weighted by molar-refractivity contribution is 5.47. The van der Waals surface area contributed by atoms with Gasteiger partial charge in [0.2, 0.25) is 0 Å². The molecule has 2 aromatic rings. The molecule has 2 aromatic heterocycles. The van der Waals surface area contributed by atoms with Gasteiger partial charge in [-0.1, -0.05) is 13.8 Å². The number of hydrogen-bond donors (Lipinski definition) is 2. The lowest BCUT2D eigenvalue weighted by molar-refractivity contribution is 0.605. The molecule has 0 aliphatic heterocycles. The number of rotatable bonds is 4. The van der Waals surface area contributed by atoms with Crippen molar-refractivity contribution in [2.45, 2.75) is 39.8 Å². The molecule has 0 fully saturated rings. The third-order valence-electron chi connectivity index (χ3n) is 2.80. The molecule has 0 saturated carbocycles. The summed E-state index contributed by atoms with van der Waals surface area (Å²) >= 11 is 0. The van der Waals surface area contributed by atoms with Crippen LogP contribution in [-0.2, 0) is 13.1 Å². The van der Waals surface area contributed by atoms with Gasteiger partial charge in [-0.05, 0) is 12.8 Å². The first-order chi connectivity index (χ1) is 10.6. The van der Waals surface area contributed by atoms with Gasteiger partial charge in [0, 0.05) is 19.3 Å². The Labute approximate surface area is 129 Å². The Morgan fingerprint density at radius 1 is 1.09 bits per heavy atom. The van der Waals surface area contributed by atoms with Crippen LogP contribution < -0.4 is 11.5 Å². The highest BCUT2D eigenvalue weighted by Crippen LogP contribution is 2.09. The van der Waals surface area contributed by atoms with Crippen LogP contribution in [0.25, 0.3) is 0 Å². The van der Waals surface area contributed by atoms with E-state index in [0.717, 1.165) is 25.9 Å². The molecule has 2 heterocycles. The van der Waals surface area contributed by atoms with Crippen molar-refractivity contribution in [1.82, 2.24) is 19.6 Å². The third-order valence-corrected chi connectivity index (χ3v) is 2.80. The summed E-state index contributed by atoms with van der Waals surface area (Å²) in [5.74, 6) is 0.787. The van der Waals surface area contributed by atoms with E-state index in [9.17, 15) is 0 Å². The van der Waals surface area contributed by atoms with Gasteiger partial charge < -0.3 is 11.5 Å². The first-order valence-electron chi connectivity index (χ1n) is 7.01. The highest BCUT2D eigenvalue weighted by Gasteiger charge is 2.04. The minimum absolute atomic E-state index is 0.320. The summed E-state index contributed by atoms with van der Waals surface area (Å²) in [6.07, 6.45) is 5.12. The molecule has 4 N–H and O–H groups in total. The quantitative estimate of drug-likeness (QED) is 0.878. The van der Waals surface area contributed by atoms with E-state index in [4.69, 9.17) is 22.0 Å². The summed E-state index contributed by atoms with van der Waals surface area (Å²) in [6.45, 7) is 5.66. The molecule has 0 unspecified atom stereocenters. The predicted molar refractivity (Wildman–Crippen MR) is 83.3 cm³/mol. The van der Waals surface area contributed by atoms with E-state index in [0.29, 0.717) is 22.8 Å². The van der Waals surface area contributed by atoms with Gasteiger partial charge in [-0.25, -0.2) is 4.68 Å². The Bertz CT molecular complexity index is 671. The number of aryl methyl sites for hydroxylation is 2. The first kappa shape index (κ1) is 17.1. The molecular weight excluding hydrogens is 280 g/mol. The molecule has 0 aromatic carbocycles. The summed E-state index contributed by atoms with van der Waals surface area (Å²) in [4.78, 5) is 0. The Morgan fingerprint density at radius 3 is 2.18 bits per heavy atom. The van der Waals surface area contributed by atoms with Gasteiger partial charge >= 0.3 is 0 Å². The lowest BCUT2D eigenvalue weighted by Crippen LogP contribution is -2.04. The van der Waals surface area contributed by atoms with Gasteiger partial charge in [0.05, 0.1) is 6.20 Å². The smallest absolute Gasteiger partial charge is 0.163 e. The lowest BCUT2D eigenvalue weighted by Gasteiger charge is -1.99. The zero-order chi connectivity index (χ0) is 16.5. The molecule has 0 amide bonds. The van der Waals surface area contributed by atoms with E-state index in [-0.39, 0.29) is 0 Å². The van der Waals surface area contributed by atoms with Gasteiger partial charge in [-0.3, -0.25) is 4.68 Å². The molecule has 0 atom stereocenters. The van der Waals surface area contributed by atoms with E-state index in [1.165, 1.54) is 6.20 Å². The van der Waals surface area contributed by atoms with Crippen molar-refractivity contribution in [3.8, 4) is 12.1 Å². The Balaban J connectivity index is 0.000000220. The lowest BCUT2D eigenvalue weighted by atomic mass is 10.4. The summed E-state index contributed by atoms with van der Waals surface area (Å²) in [7, 11) is 0. The minimum atomic E-state index is 0.320. The molecule has 0 aliphatic carbocycles. The number of nitrogen functional groups attached to an aromatic ring is 2. The van der Waals surface area contributed by atoms with Gasteiger partial charge in [-0.2, -0.15) is 20.7 Å². The Kier molecular flexibility index (Phi) is 6.45. The zero-order valence-electron chi connectivity index (χ0n) is 12.8. The van der Waals surface area contributed by atoms with E-state index >= 15 is 0 Å². The SMILES string of the molecule is CCCn1cc(C#N)c(N)n1.CCCn1ncc(C#N)c1N. The number of nitrogens with zero attached hydrogens (tertiary/aromatic N) is 6. The second-order valence-corrected chi connectivity index (χ2v) is 4.58. The van der Waals surface area contributed by atoms with Crippen molar-refractivity contribution >= 4 is 11.6 Å². The van der Waals surface area contributed by atoms with Gasteiger partial charge in [-0.15, -0.1) is 0 Å². The average molecular weight is 300 g/mol. The van der Waals surface area contributed by atoms with Crippen LogP contribution in [0.3, 0.4) is 0 Å². The van der Waals surface area contributed by atoms with Crippen LogP contribution in [0.4, 0.5) is 11.6 Å². The fraction of sp³-hybridized carbons (Fsp3) is 0.429. The van der Waals surface area contributed by atoms with Crippen molar-refractivity contribution in [3.05, 3.63) is 23.5 Å². The van der Waals surface area contributed by atoms with Crippen LogP contribution in [-0.4, -0.2) is 19.6 Å². The second kappa shape index (κ2) is 8.32. The van der Waals surface area contributed by atoms with Crippen LogP contribution in [0, 0.1) is 22.7 Å². The summed E-state index contributed by atoms with van der Waals surface area (Å²) in [6, 6.07) is 3.93. The molecule has 116 valence electrons. The maximum atomic E-state index is 8.52. The maximum absolute atomic E-state index is 8.52.